The third kappa shape index (κ3) is 3.72. The lowest BCUT2D eigenvalue weighted by Crippen LogP contribution is -2.32. The number of hydrogen-bond acceptors (Lipinski definition) is 3. The molecule has 3 heteroatoms. The van der Waals surface area contributed by atoms with Crippen LogP contribution in [0, 0.1) is 6.92 Å². The number of nitrogens with zero attached hydrogens (tertiary/aromatic N) is 1. The van der Waals surface area contributed by atoms with E-state index in [9.17, 15) is 0 Å². The van der Waals surface area contributed by atoms with Crippen molar-refractivity contribution in [1.29, 1.82) is 0 Å². The highest BCUT2D eigenvalue weighted by molar-refractivity contribution is 6.14. The molecule has 1 unspecified atom stereocenters. The van der Waals surface area contributed by atoms with Gasteiger partial charge in [-0.3, -0.25) is 0 Å². The van der Waals surface area contributed by atoms with Crippen molar-refractivity contribution in [1.82, 2.24) is 0 Å². The first-order valence-corrected chi connectivity index (χ1v) is 17.5. The number of para-hydroxylation sites is 3. The van der Waals surface area contributed by atoms with E-state index >= 15 is 0 Å². The van der Waals surface area contributed by atoms with Gasteiger partial charge in [-0.1, -0.05) is 133 Å². The first kappa shape index (κ1) is 28.3. The quantitative estimate of drug-likeness (QED) is 0.190. The third-order valence-corrected chi connectivity index (χ3v) is 11.1. The molecule has 0 saturated heterocycles. The Balaban J connectivity index is 1.29. The zero-order valence-electron chi connectivity index (χ0n) is 27.9. The van der Waals surface area contributed by atoms with Gasteiger partial charge in [0, 0.05) is 33.2 Å². The van der Waals surface area contributed by atoms with Crippen molar-refractivity contribution in [3.8, 4) is 22.6 Å². The van der Waals surface area contributed by atoms with Crippen molar-refractivity contribution >= 4 is 49.8 Å². The highest BCUT2D eigenvalue weighted by atomic mass is 16.5. The van der Waals surface area contributed by atoms with Crippen molar-refractivity contribution in [3.05, 3.63) is 198 Å². The number of fused-ring (bicyclic) bond motifs is 14. The van der Waals surface area contributed by atoms with Crippen LogP contribution in [0.25, 0.3) is 43.8 Å². The number of anilines is 3. The predicted molar refractivity (Wildman–Crippen MR) is 208 cm³/mol. The number of aryl methyl sites for hydroxylation is 1. The first-order valence-electron chi connectivity index (χ1n) is 17.5. The molecule has 1 aliphatic carbocycles. The summed E-state index contributed by atoms with van der Waals surface area (Å²) in [7, 11) is 0. The molecule has 1 spiro atoms. The highest BCUT2D eigenvalue weighted by Crippen LogP contribution is 2.65. The molecule has 0 saturated carbocycles. The summed E-state index contributed by atoms with van der Waals surface area (Å²) in [4.78, 5) is 2.46. The van der Waals surface area contributed by atoms with Gasteiger partial charge >= 0.3 is 0 Å². The lowest BCUT2D eigenvalue weighted by Gasteiger charge is -2.40. The fourth-order valence-corrected chi connectivity index (χ4v) is 8.99. The molecular weight excluding hydrogens is 623 g/mol. The molecule has 3 nitrogen and oxygen atoms in total. The van der Waals surface area contributed by atoms with Crippen LogP contribution in [0.3, 0.4) is 0 Å². The van der Waals surface area contributed by atoms with Crippen LogP contribution < -0.4 is 9.64 Å². The molecule has 9 aromatic rings. The van der Waals surface area contributed by atoms with Crippen molar-refractivity contribution in [2.45, 2.75) is 12.3 Å². The molecule has 2 aliphatic rings. The average Bonchev–Trinajstić information content (AvgIpc) is 3.71. The van der Waals surface area contributed by atoms with Crippen molar-refractivity contribution in [2.75, 3.05) is 4.90 Å². The Labute approximate surface area is 295 Å². The fraction of sp³-hybridized carbons (Fsp3) is 0.0417. The highest BCUT2D eigenvalue weighted by Gasteiger charge is 2.52. The molecule has 11 rings (SSSR count). The van der Waals surface area contributed by atoms with Crippen LogP contribution in [-0.2, 0) is 5.41 Å². The summed E-state index contributed by atoms with van der Waals surface area (Å²) < 4.78 is 13.4. The second kappa shape index (κ2) is 10.5. The van der Waals surface area contributed by atoms with Gasteiger partial charge in [-0.25, -0.2) is 0 Å². The van der Waals surface area contributed by atoms with E-state index in [4.69, 9.17) is 9.15 Å². The van der Waals surface area contributed by atoms with E-state index in [-0.39, 0.29) is 0 Å². The van der Waals surface area contributed by atoms with Crippen LogP contribution in [0.4, 0.5) is 17.1 Å². The van der Waals surface area contributed by atoms with E-state index in [0.29, 0.717) is 0 Å². The molecular formula is C48H31NO2. The predicted octanol–water partition coefficient (Wildman–Crippen LogP) is 13.0. The van der Waals surface area contributed by atoms with Gasteiger partial charge in [0.2, 0.25) is 0 Å². The lowest BCUT2D eigenvalue weighted by molar-refractivity contribution is 0.441. The molecule has 0 amide bonds. The first-order chi connectivity index (χ1) is 25.2. The maximum absolute atomic E-state index is 6.90. The largest absolute Gasteiger partial charge is 0.456 e. The minimum Gasteiger partial charge on any atom is -0.456 e. The number of hydrogen-bond donors (Lipinski definition) is 0. The van der Waals surface area contributed by atoms with E-state index in [0.717, 1.165) is 72.4 Å². The Kier molecular flexibility index (Phi) is 5.80. The van der Waals surface area contributed by atoms with Crippen molar-refractivity contribution < 1.29 is 9.15 Å². The topological polar surface area (TPSA) is 25.6 Å². The van der Waals surface area contributed by atoms with Gasteiger partial charge in [0.25, 0.3) is 0 Å². The summed E-state index contributed by atoms with van der Waals surface area (Å²) in [6.45, 7) is 2.20. The Morgan fingerprint density at radius 2 is 1.14 bits per heavy atom. The zero-order chi connectivity index (χ0) is 33.7. The summed E-state index contributed by atoms with van der Waals surface area (Å²) in [5, 5.41) is 4.48. The second-order valence-corrected chi connectivity index (χ2v) is 13.6. The molecule has 2 heterocycles. The standard InChI is InChI=1S/C48H31NO2/c1-30-14-2-9-22-39(30)49(41-24-13-27-44-46(41)34-18-6-10-25-42(34)50-44)40-23-12-21-37-45(40)33-17-5-7-19-35(33)48(37)36-20-8-11-26-43(36)51-47-32-16-4-3-15-31(32)28-29-38(47)48/h2-29H,1H3. The maximum Gasteiger partial charge on any atom is 0.140 e. The van der Waals surface area contributed by atoms with Gasteiger partial charge in [0.05, 0.1) is 22.2 Å². The van der Waals surface area contributed by atoms with E-state index in [1.165, 1.54) is 27.8 Å². The molecule has 1 aliphatic heterocycles. The normalized spacial score (nSPS) is 15.4. The van der Waals surface area contributed by atoms with Crippen LogP contribution in [0.5, 0.6) is 11.5 Å². The summed E-state index contributed by atoms with van der Waals surface area (Å²) in [5.41, 5.74) is 12.9. The fourth-order valence-electron chi connectivity index (χ4n) is 8.99. The molecule has 0 fully saturated rings. The van der Waals surface area contributed by atoms with Crippen molar-refractivity contribution in [2.24, 2.45) is 0 Å². The van der Waals surface area contributed by atoms with Crippen LogP contribution in [-0.4, -0.2) is 0 Å². The van der Waals surface area contributed by atoms with Gasteiger partial charge in [0.1, 0.15) is 22.7 Å². The van der Waals surface area contributed by atoms with Crippen LogP contribution in [0.15, 0.2) is 174 Å². The maximum atomic E-state index is 6.90. The summed E-state index contributed by atoms with van der Waals surface area (Å²) in [5.74, 6) is 1.81. The number of furan rings is 1. The molecule has 0 radical (unpaired) electrons. The van der Waals surface area contributed by atoms with Crippen LogP contribution in [0.1, 0.15) is 27.8 Å². The summed E-state index contributed by atoms with van der Waals surface area (Å²) >= 11 is 0. The lowest BCUT2D eigenvalue weighted by atomic mass is 9.65. The molecule has 240 valence electrons. The SMILES string of the molecule is Cc1ccccc1N(c1cccc2c1-c1ccccc1C21c2ccccc2Oc2c1ccc1ccccc21)c1cccc2oc3ccccc3c12. The number of rotatable bonds is 3. The zero-order valence-corrected chi connectivity index (χ0v) is 27.9. The monoisotopic (exact) mass is 653 g/mol. The number of benzene rings is 8. The van der Waals surface area contributed by atoms with Gasteiger partial charge < -0.3 is 14.1 Å². The Hall–Kier alpha value is -6.58. The van der Waals surface area contributed by atoms with Gasteiger partial charge in [-0.15, -0.1) is 0 Å². The smallest absolute Gasteiger partial charge is 0.140 e. The molecule has 0 bridgehead atoms. The molecule has 8 aromatic carbocycles. The van der Waals surface area contributed by atoms with Gasteiger partial charge in [-0.05, 0) is 71.0 Å². The third-order valence-electron chi connectivity index (χ3n) is 11.1. The van der Waals surface area contributed by atoms with E-state index in [2.05, 4.69) is 176 Å². The van der Waals surface area contributed by atoms with Crippen LogP contribution >= 0.6 is 0 Å². The summed E-state index contributed by atoms with van der Waals surface area (Å²) in [6.07, 6.45) is 0. The Bertz CT molecular complexity index is 2880. The van der Waals surface area contributed by atoms with Gasteiger partial charge in [-0.2, -0.15) is 0 Å². The minimum atomic E-state index is -0.595. The van der Waals surface area contributed by atoms with E-state index in [1.54, 1.807) is 0 Å². The molecule has 1 aromatic heterocycles. The Morgan fingerprint density at radius 1 is 0.471 bits per heavy atom. The number of ether oxygens (including phenoxy) is 1. The second-order valence-electron chi connectivity index (χ2n) is 13.6. The van der Waals surface area contributed by atoms with Crippen LogP contribution in [0.2, 0.25) is 0 Å². The van der Waals surface area contributed by atoms with E-state index < -0.39 is 5.41 Å². The Morgan fingerprint density at radius 3 is 2.06 bits per heavy atom. The average molecular weight is 654 g/mol. The molecule has 51 heavy (non-hydrogen) atoms. The molecule has 1 atom stereocenters. The van der Waals surface area contributed by atoms with Crippen molar-refractivity contribution in [3.63, 3.8) is 0 Å². The van der Waals surface area contributed by atoms with Gasteiger partial charge in [0.15, 0.2) is 0 Å². The van der Waals surface area contributed by atoms with E-state index in [1.807, 2.05) is 6.07 Å². The summed E-state index contributed by atoms with van der Waals surface area (Å²) in [6, 6.07) is 61.0. The molecule has 0 N–H and O–H groups in total. The minimum absolute atomic E-state index is 0.595.